The largest absolute Gasteiger partial charge is 0.434 e. The lowest BCUT2D eigenvalue weighted by molar-refractivity contribution is -0.386. The van der Waals surface area contributed by atoms with Crippen LogP contribution in [0.25, 0.3) is 0 Å². The predicted molar refractivity (Wildman–Crippen MR) is 65.1 cm³/mol. The lowest BCUT2D eigenvalue weighted by Gasteiger charge is -2.04. The van der Waals surface area contributed by atoms with E-state index >= 15 is 0 Å². The Morgan fingerprint density at radius 3 is 2.82 bits per heavy atom. The molecule has 1 aromatic heterocycles. The first kappa shape index (κ1) is 11.5. The molecule has 0 N–H and O–H groups in total. The second-order valence-corrected chi connectivity index (χ2v) is 4.06. The van der Waals surface area contributed by atoms with Crippen molar-refractivity contribution in [2.24, 2.45) is 0 Å². The highest BCUT2D eigenvalue weighted by Crippen LogP contribution is 2.29. The predicted octanol–water partition coefficient (Wildman–Crippen LogP) is 3.54. The number of aromatic nitrogens is 1. The summed E-state index contributed by atoms with van der Waals surface area (Å²) in [6, 6.07) is 9.85. The Bertz CT molecular complexity index is 560. The Morgan fingerprint density at radius 1 is 1.29 bits per heavy atom. The number of hydrogen-bond acceptors (Lipinski definition) is 4. The fourth-order valence-corrected chi connectivity index (χ4v) is 1.62. The average molecular weight is 295 g/mol. The molecular formula is C11H7BrN2O3. The summed E-state index contributed by atoms with van der Waals surface area (Å²) >= 11 is 3.29. The molecule has 2 aromatic rings. The molecule has 0 atom stereocenters. The van der Waals surface area contributed by atoms with Crippen LogP contribution in [0.1, 0.15) is 0 Å². The number of pyridine rings is 1. The third kappa shape index (κ3) is 2.79. The van der Waals surface area contributed by atoms with E-state index in [1.54, 1.807) is 18.2 Å². The highest BCUT2D eigenvalue weighted by atomic mass is 79.9. The number of halogens is 1. The molecule has 0 fully saturated rings. The minimum atomic E-state index is -0.527. The van der Waals surface area contributed by atoms with Crippen molar-refractivity contribution in [3.8, 4) is 11.6 Å². The molecule has 0 aliphatic carbocycles. The summed E-state index contributed by atoms with van der Waals surface area (Å²) in [6.07, 6.45) is 1.44. The van der Waals surface area contributed by atoms with Crippen LogP contribution in [-0.4, -0.2) is 9.91 Å². The van der Waals surface area contributed by atoms with E-state index in [1.165, 1.54) is 18.3 Å². The molecule has 0 bridgehead atoms. The van der Waals surface area contributed by atoms with E-state index in [4.69, 9.17) is 4.74 Å². The standard InChI is InChI=1S/C11H7BrN2O3/c12-8-3-1-4-9(7-8)17-11-10(14(15)16)5-2-6-13-11/h1-7H. The third-order valence-electron chi connectivity index (χ3n) is 1.96. The maximum atomic E-state index is 10.8. The van der Waals surface area contributed by atoms with Crippen LogP contribution < -0.4 is 4.74 Å². The van der Waals surface area contributed by atoms with Gasteiger partial charge >= 0.3 is 5.69 Å². The van der Waals surface area contributed by atoms with Crippen LogP contribution in [0.5, 0.6) is 11.6 Å². The maximum Gasteiger partial charge on any atom is 0.331 e. The smallest absolute Gasteiger partial charge is 0.331 e. The number of nitrogens with zero attached hydrogens (tertiary/aromatic N) is 2. The first-order chi connectivity index (χ1) is 8.16. The Kier molecular flexibility index (Phi) is 3.34. The van der Waals surface area contributed by atoms with Crippen molar-refractivity contribution in [1.29, 1.82) is 0 Å². The summed E-state index contributed by atoms with van der Waals surface area (Å²) in [4.78, 5) is 14.1. The second kappa shape index (κ2) is 4.92. The minimum absolute atomic E-state index is 0.0180. The molecule has 0 amide bonds. The van der Waals surface area contributed by atoms with Crippen molar-refractivity contribution in [2.75, 3.05) is 0 Å². The Hall–Kier alpha value is -1.95. The fraction of sp³-hybridized carbons (Fsp3) is 0. The molecule has 86 valence electrons. The highest BCUT2D eigenvalue weighted by Gasteiger charge is 2.16. The summed E-state index contributed by atoms with van der Waals surface area (Å²) in [5.41, 5.74) is -0.160. The van der Waals surface area contributed by atoms with Gasteiger partial charge in [-0.25, -0.2) is 4.98 Å². The minimum Gasteiger partial charge on any atom is -0.434 e. The zero-order chi connectivity index (χ0) is 12.3. The lowest BCUT2D eigenvalue weighted by Crippen LogP contribution is -1.95. The molecule has 5 nitrogen and oxygen atoms in total. The van der Waals surface area contributed by atoms with Gasteiger partial charge in [0.2, 0.25) is 0 Å². The van der Waals surface area contributed by atoms with Crippen LogP contribution in [0, 0.1) is 10.1 Å². The first-order valence-electron chi connectivity index (χ1n) is 4.69. The van der Waals surface area contributed by atoms with Crippen molar-refractivity contribution in [3.05, 3.63) is 57.2 Å². The Balaban J connectivity index is 2.33. The third-order valence-corrected chi connectivity index (χ3v) is 2.45. The van der Waals surface area contributed by atoms with E-state index < -0.39 is 4.92 Å². The second-order valence-electron chi connectivity index (χ2n) is 3.14. The first-order valence-corrected chi connectivity index (χ1v) is 5.49. The molecule has 0 radical (unpaired) electrons. The molecule has 0 spiro atoms. The van der Waals surface area contributed by atoms with Gasteiger partial charge in [0.15, 0.2) is 0 Å². The molecule has 0 unspecified atom stereocenters. The van der Waals surface area contributed by atoms with Gasteiger partial charge in [0.25, 0.3) is 5.88 Å². The van der Waals surface area contributed by atoms with Crippen LogP contribution in [0.15, 0.2) is 47.1 Å². The van der Waals surface area contributed by atoms with Crippen molar-refractivity contribution < 1.29 is 9.66 Å². The number of rotatable bonds is 3. The number of nitro groups is 1. The fourth-order valence-electron chi connectivity index (χ4n) is 1.24. The van der Waals surface area contributed by atoms with Gasteiger partial charge in [-0.15, -0.1) is 0 Å². The summed E-state index contributed by atoms with van der Waals surface area (Å²) in [7, 11) is 0. The monoisotopic (exact) mass is 294 g/mol. The lowest BCUT2D eigenvalue weighted by atomic mass is 10.3. The number of ether oxygens (including phenoxy) is 1. The zero-order valence-electron chi connectivity index (χ0n) is 8.54. The highest BCUT2D eigenvalue weighted by molar-refractivity contribution is 9.10. The Morgan fingerprint density at radius 2 is 2.12 bits per heavy atom. The van der Waals surface area contributed by atoms with Crippen LogP contribution in [0.3, 0.4) is 0 Å². The van der Waals surface area contributed by atoms with Gasteiger partial charge in [0, 0.05) is 16.7 Å². The van der Waals surface area contributed by atoms with Gasteiger partial charge in [0.1, 0.15) is 5.75 Å². The maximum absolute atomic E-state index is 10.8. The van der Waals surface area contributed by atoms with Gasteiger partial charge in [-0.05, 0) is 24.3 Å². The molecule has 0 aliphatic heterocycles. The summed E-state index contributed by atoms with van der Waals surface area (Å²) in [6.45, 7) is 0. The molecule has 0 saturated carbocycles. The molecule has 6 heteroatoms. The SMILES string of the molecule is O=[N+]([O-])c1cccnc1Oc1cccc(Br)c1. The van der Waals surface area contributed by atoms with Crippen molar-refractivity contribution >= 4 is 21.6 Å². The summed E-state index contributed by atoms with van der Waals surface area (Å²) in [5, 5.41) is 10.8. The molecule has 1 aromatic carbocycles. The average Bonchev–Trinajstić information content (AvgIpc) is 2.29. The van der Waals surface area contributed by atoms with E-state index in [0.29, 0.717) is 5.75 Å². The van der Waals surface area contributed by atoms with Crippen LogP contribution in [0.4, 0.5) is 5.69 Å². The summed E-state index contributed by atoms with van der Waals surface area (Å²) in [5.74, 6) is 0.469. The molecule has 1 heterocycles. The topological polar surface area (TPSA) is 65.3 Å². The zero-order valence-corrected chi connectivity index (χ0v) is 10.1. The molecule has 17 heavy (non-hydrogen) atoms. The summed E-state index contributed by atoms with van der Waals surface area (Å²) < 4.78 is 6.20. The van der Waals surface area contributed by atoms with Crippen LogP contribution >= 0.6 is 15.9 Å². The van der Waals surface area contributed by atoms with E-state index in [2.05, 4.69) is 20.9 Å². The van der Waals surface area contributed by atoms with Gasteiger partial charge in [-0.1, -0.05) is 22.0 Å². The van der Waals surface area contributed by atoms with E-state index in [1.807, 2.05) is 6.07 Å². The van der Waals surface area contributed by atoms with E-state index in [9.17, 15) is 10.1 Å². The molecule has 0 aliphatic rings. The quantitative estimate of drug-likeness (QED) is 0.641. The normalized spacial score (nSPS) is 9.94. The van der Waals surface area contributed by atoms with Gasteiger partial charge in [-0.3, -0.25) is 10.1 Å². The van der Waals surface area contributed by atoms with Crippen LogP contribution in [0.2, 0.25) is 0 Å². The van der Waals surface area contributed by atoms with Gasteiger partial charge in [-0.2, -0.15) is 0 Å². The van der Waals surface area contributed by atoms with Crippen molar-refractivity contribution in [1.82, 2.24) is 4.98 Å². The van der Waals surface area contributed by atoms with Gasteiger partial charge < -0.3 is 4.74 Å². The molecule has 2 rings (SSSR count). The Labute approximate surface area is 105 Å². The van der Waals surface area contributed by atoms with E-state index in [0.717, 1.165) is 4.47 Å². The number of hydrogen-bond donors (Lipinski definition) is 0. The van der Waals surface area contributed by atoms with Gasteiger partial charge in [0.05, 0.1) is 4.92 Å². The van der Waals surface area contributed by atoms with E-state index in [-0.39, 0.29) is 11.6 Å². The molecule has 0 saturated heterocycles. The molecular weight excluding hydrogens is 288 g/mol. The van der Waals surface area contributed by atoms with Crippen LogP contribution in [-0.2, 0) is 0 Å². The van der Waals surface area contributed by atoms with Crippen molar-refractivity contribution in [3.63, 3.8) is 0 Å². The van der Waals surface area contributed by atoms with Crippen molar-refractivity contribution in [2.45, 2.75) is 0 Å². The number of benzene rings is 1.